The molecule has 1 saturated heterocycles. The quantitative estimate of drug-likeness (QED) is 0.383. The molecule has 0 aliphatic carbocycles. The SMILES string of the molecule is C=CCn1c(SC(C)C(=O)N2CCN(Cc3ccccc3)CC2)nnc1-c1ccoc1C. The summed E-state index contributed by atoms with van der Waals surface area (Å²) >= 11 is 1.45. The van der Waals surface area contributed by atoms with Gasteiger partial charge in [-0.2, -0.15) is 0 Å². The second kappa shape index (κ2) is 10.2. The fraction of sp³-hybridized carbons (Fsp3) is 0.375. The van der Waals surface area contributed by atoms with Crippen molar-refractivity contribution < 1.29 is 9.21 Å². The van der Waals surface area contributed by atoms with Crippen LogP contribution in [0.1, 0.15) is 18.2 Å². The summed E-state index contributed by atoms with van der Waals surface area (Å²) < 4.78 is 7.41. The summed E-state index contributed by atoms with van der Waals surface area (Å²) in [5.41, 5.74) is 2.21. The normalized spacial score (nSPS) is 15.6. The molecule has 0 spiro atoms. The van der Waals surface area contributed by atoms with E-state index < -0.39 is 0 Å². The van der Waals surface area contributed by atoms with Gasteiger partial charge in [0.1, 0.15) is 5.76 Å². The van der Waals surface area contributed by atoms with Crippen LogP contribution in [0.2, 0.25) is 0 Å². The van der Waals surface area contributed by atoms with Gasteiger partial charge in [0, 0.05) is 39.3 Å². The Kier molecular flexibility index (Phi) is 7.12. The zero-order valence-corrected chi connectivity index (χ0v) is 19.4. The number of piperazine rings is 1. The number of rotatable bonds is 8. The molecule has 0 saturated carbocycles. The van der Waals surface area contributed by atoms with Crippen LogP contribution in [0.4, 0.5) is 0 Å². The van der Waals surface area contributed by atoms with Gasteiger partial charge in [-0.25, -0.2) is 0 Å². The van der Waals surface area contributed by atoms with Gasteiger partial charge in [-0.15, -0.1) is 16.8 Å². The molecule has 7 nitrogen and oxygen atoms in total. The van der Waals surface area contributed by atoms with E-state index in [1.54, 1.807) is 6.26 Å². The van der Waals surface area contributed by atoms with E-state index in [0.717, 1.165) is 49.9 Å². The Morgan fingerprint density at radius 3 is 2.59 bits per heavy atom. The summed E-state index contributed by atoms with van der Waals surface area (Å²) in [5.74, 6) is 1.66. The third kappa shape index (κ3) is 4.97. The number of hydrogen-bond acceptors (Lipinski definition) is 6. The first-order valence-electron chi connectivity index (χ1n) is 10.9. The van der Waals surface area contributed by atoms with Crippen molar-refractivity contribution >= 4 is 17.7 Å². The summed E-state index contributed by atoms with van der Waals surface area (Å²) in [6, 6.07) is 12.4. The van der Waals surface area contributed by atoms with E-state index in [1.165, 1.54) is 17.3 Å². The molecule has 0 bridgehead atoms. The molecule has 32 heavy (non-hydrogen) atoms. The number of furan rings is 1. The number of amides is 1. The molecular weight excluding hydrogens is 422 g/mol. The van der Waals surface area contributed by atoms with E-state index in [2.05, 4.69) is 45.9 Å². The van der Waals surface area contributed by atoms with Crippen molar-refractivity contribution in [2.45, 2.75) is 37.3 Å². The van der Waals surface area contributed by atoms with Gasteiger partial charge in [-0.3, -0.25) is 14.3 Å². The molecule has 3 heterocycles. The summed E-state index contributed by atoms with van der Waals surface area (Å²) in [4.78, 5) is 17.5. The minimum atomic E-state index is -0.248. The number of thioether (sulfide) groups is 1. The smallest absolute Gasteiger partial charge is 0.235 e. The van der Waals surface area contributed by atoms with Crippen molar-refractivity contribution in [3.63, 3.8) is 0 Å². The molecule has 3 aromatic rings. The largest absolute Gasteiger partial charge is 0.469 e. The maximum atomic E-state index is 13.1. The first kappa shape index (κ1) is 22.4. The number of benzene rings is 1. The first-order chi connectivity index (χ1) is 15.6. The zero-order chi connectivity index (χ0) is 22.5. The molecule has 168 valence electrons. The average Bonchev–Trinajstić information content (AvgIpc) is 3.40. The standard InChI is InChI=1S/C24H29N5O2S/c1-4-11-29-22(21-10-16-31-18(21)2)25-26-24(29)32-19(3)23(30)28-14-12-27(13-15-28)17-20-8-6-5-7-9-20/h4-10,16,19H,1,11-15,17H2,2-3H3. The van der Waals surface area contributed by atoms with E-state index in [1.807, 2.05) is 41.5 Å². The molecule has 8 heteroatoms. The van der Waals surface area contributed by atoms with Gasteiger partial charge in [-0.1, -0.05) is 48.2 Å². The lowest BCUT2D eigenvalue weighted by atomic mass is 10.2. The second-order valence-corrected chi connectivity index (χ2v) is 9.25. The molecule has 0 N–H and O–H groups in total. The Morgan fingerprint density at radius 2 is 1.94 bits per heavy atom. The highest BCUT2D eigenvalue weighted by Gasteiger charge is 2.27. The van der Waals surface area contributed by atoms with Gasteiger partial charge >= 0.3 is 0 Å². The van der Waals surface area contributed by atoms with Crippen LogP contribution in [-0.2, 0) is 17.9 Å². The molecule has 1 aromatic carbocycles. The van der Waals surface area contributed by atoms with Crippen molar-refractivity contribution in [2.24, 2.45) is 0 Å². The number of hydrogen-bond donors (Lipinski definition) is 0. The number of aryl methyl sites for hydroxylation is 1. The van der Waals surface area contributed by atoms with Crippen molar-refractivity contribution in [1.29, 1.82) is 0 Å². The third-order valence-corrected chi connectivity index (χ3v) is 6.76. The number of allylic oxidation sites excluding steroid dienone is 1. The van der Waals surface area contributed by atoms with Crippen molar-refractivity contribution in [1.82, 2.24) is 24.6 Å². The molecular formula is C24H29N5O2S. The van der Waals surface area contributed by atoms with Gasteiger partial charge < -0.3 is 9.32 Å². The van der Waals surface area contributed by atoms with Gasteiger partial charge in [0.15, 0.2) is 11.0 Å². The summed E-state index contributed by atoms with van der Waals surface area (Å²) in [6.07, 6.45) is 3.46. The van der Waals surface area contributed by atoms with Gasteiger partial charge in [0.25, 0.3) is 0 Å². The maximum absolute atomic E-state index is 13.1. The molecule has 2 aromatic heterocycles. The predicted octanol–water partition coefficient (Wildman–Crippen LogP) is 3.86. The lowest BCUT2D eigenvalue weighted by molar-refractivity contribution is -0.132. The summed E-state index contributed by atoms with van der Waals surface area (Å²) in [7, 11) is 0. The van der Waals surface area contributed by atoms with Crippen molar-refractivity contribution in [2.75, 3.05) is 26.2 Å². The highest BCUT2D eigenvalue weighted by Crippen LogP contribution is 2.29. The highest BCUT2D eigenvalue weighted by atomic mass is 32.2. The molecule has 4 rings (SSSR count). The lowest BCUT2D eigenvalue weighted by Crippen LogP contribution is -2.50. The van der Waals surface area contributed by atoms with Crippen LogP contribution in [0.5, 0.6) is 0 Å². The molecule has 1 aliphatic rings. The number of nitrogens with zero attached hydrogens (tertiary/aromatic N) is 5. The minimum Gasteiger partial charge on any atom is -0.469 e. The molecule has 1 unspecified atom stereocenters. The van der Waals surface area contributed by atoms with E-state index in [4.69, 9.17) is 4.42 Å². The van der Waals surface area contributed by atoms with Crippen LogP contribution < -0.4 is 0 Å². The fourth-order valence-electron chi connectivity index (χ4n) is 3.92. The van der Waals surface area contributed by atoms with Crippen LogP contribution >= 0.6 is 11.8 Å². The molecule has 1 atom stereocenters. The predicted molar refractivity (Wildman–Crippen MR) is 126 cm³/mol. The molecule has 1 amide bonds. The van der Waals surface area contributed by atoms with Crippen LogP contribution in [0.25, 0.3) is 11.4 Å². The first-order valence-corrected chi connectivity index (χ1v) is 11.7. The Hall–Kier alpha value is -2.84. The van der Waals surface area contributed by atoms with E-state index in [9.17, 15) is 4.79 Å². The third-order valence-electron chi connectivity index (χ3n) is 5.69. The van der Waals surface area contributed by atoms with Gasteiger partial charge in [0.2, 0.25) is 5.91 Å². The number of carbonyl (C=O) groups is 1. The molecule has 0 radical (unpaired) electrons. The van der Waals surface area contributed by atoms with Crippen molar-refractivity contribution in [3.8, 4) is 11.4 Å². The Bertz CT molecular complexity index is 1050. The second-order valence-electron chi connectivity index (χ2n) is 7.94. The number of aromatic nitrogens is 3. The maximum Gasteiger partial charge on any atom is 0.235 e. The molecule has 1 fully saturated rings. The minimum absolute atomic E-state index is 0.142. The topological polar surface area (TPSA) is 67.4 Å². The van der Waals surface area contributed by atoms with Crippen LogP contribution in [0, 0.1) is 6.92 Å². The van der Waals surface area contributed by atoms with E-state index >= 15 is 0 Å². The highest BCUT2D eigenvalue weighted by molar-refractivity contribution is 8.00. The molecule has 1 aliphatic heterocycles. The van der Waals surface area contributed by atoms with Gasteiger partial charge in [-0.05, 0) is 25.5 Å². The van der Waals surface area contributed by atoms with Crippen LogP contribution in [0.3, 0.4) is 0 Å². The van der Waals surface area contributed by atoms with Crippen LogP contribution in [-0.4, -0.2) is 61.9 Å². The van der Waals surface area contributed by atoms with Crippen LogP contribution in [0.15, 0.2) is 64.9 Å². The van der Waals surface area contributed by atoms with Crippen molar-refractivity contribution in [3.05, 3.63) is 66.6 Å². The fourth-order valence-corrected chi connectivity index (χ4v) is 4.86. The average molecular weight is 452 g/mol. The zero-order valence-electron chi connectivity index (χ0n) is 18.6. The monoisotopic (exact) mass is 451 g/mol. The summed E-state index contributed by atoms with van der Waals surface area (Å²) in [6.45, 7) is 12.4. The summed E-state index contributed by atoms with van der Waals surface area (Å²) in [5, 5.41) is 9.20. The van der Waals surface area contributed by atoms with E-state index in [0.29, 0.717) is 11.7 Å². The van der Waals surface area contributed by atoms with Gasteiger partial charge in [0.05, 0.1) is 17.1 Å². The Morgan fingerprint density at radius 1 is 1.19 bits per heavy atom. The van der Waals surface area contributed by atoms with E-state index in [-0.39, 0.29) is 11.2 Å². The number of carbonyl (C=O) groups excluding carboxylic acids is 1. The Balaban J connectivity index is 1.37. The lowest BCUT2D eigenvalue weighted by Gasteiger charge is -2.35. The Labute approximate surface area is 193 Å².